The monoisotopic (exact) mass is 308 g/mol. The first kappa shape index (κ1) is 16.3. The topological polar surface area (TPSA) is 49.3 Å². The fourth-order valence-electron chi connectivity index (χ4n) is 2.48. The molecule has 0 unspecified atom stereocenters. The average Bonchev–Trinajstić information content (AvgIpc) is 2.89. The van der Waals surface area contributed by atoms with Crippen molar-refractivity contribution in [1.29, 1.82) is 0 Å². The van der Waals surface area contributed by atoms with Crippen LogP contribution in [0.25, 0.3) is 0 Å². The molecular weight excluding hydrogens is 280 g/mol. The number of fused-ring (bicyclic) bond motifs is 1. The van der Waals surface area contributed by atoms with Gasteiger partial charge < -0.3 is 10.6 Å². The predicted octanol–water partition coefficient (Wildman–Crippen LogP) is 2.78. The second kappa shape index (κ2) is 8.37. The van der Waals surface area contributed by atoms with Gasteiger partial charge in [-0.25, -0.2) is 4.98 Å². The van der Waals surface area contributed by atoms with Gasteiger partial charge in [0, 0.05) is 31.4 Å². The highest BCUT2D eigenvalue weighted by molar-refractivity contribution is 7.11. The van der Waals surface area contributed by atoms with Crippen molar-refractivity contribution in [2.45, 2.75) is 52.4 Å². The predicted molar refractivity (Wildman–Crippen MR) is 91.3 cm³/mol. The number of aromatic nitrogens is 1. The Labute approximate surface area is 132 Å². The first-order chi connectivity index (χ1) is 10.2. The minimum atomic E-state index is 0.630. The highest BCUT2D eigenvalue weighted by atomic mass is 32.1. The van der Waals surface area contributed by atoms with Crippen molar-refractivity contribution in [2.75, 3.05) is 20.1 Å². The number of rotatable bonds is 6. The maximum Gasteiger partial charge on any atom is 0.190 e. The summed E-state index contributed by atoms with van der Waals surface area (Å²) in [6, 6.07) is 0. The molecule has 0 fully saturated rings. The van der Waals surface area contributed by atoms with Crippen molar-refractivity contribution >= 4 is 17.3 Å². The van der Waals surface area contributed by atoms with E-state index in [1.807, 2.05) is 18.4 Å². The van der Waals surface area contributed by atoms with Crippen LogP contribution in [0.5, 0.6) is 0 Å². The minimum Gasteiger partial charge on any atom is -0.356 e. The van der Waals surface area contributed by atoms with Gasteiger partial charge in [-0.15, -0.1) is 11.3 Å². The van der Waals surface area contributed by atoms with Gasteiger partial charge in [0.2, 0.25) is 0 Å². The molecule has 0 atom stereocenters. The van der Waals surface area contributed by atoms with E-state index in [0.717, 1.165) is 31.9 Å². The molecule has 1 aliphatic carbocycles. The van der Waals surface area contributed by atoms with E-state index in [9.17, 15) is 0 Å². The number of guanidine groups is 1. The van der Waals surface area contributed by atoms with E-state index in [1.54, 1.807) is 4.88 Å². The molecule has 0 aromatic carbocycles. The summed E-state index contributed by atoms with van der Waals surface area (Å²) in [4.78, 5) is 10.6. The molecule has 0 radical (unpaired) electrons. The second-order valence-electron chi connectivity index (χ2n) is 6.06. The van der Waals surface area contributed by atoms with Gasteiger partial charge in [0.05, 0.1) is 10.7 Å². The van der Waals surface area contributed by atoms with E-state index in [4.69, 9.17) is 4.98 Å². The van der Waals surface area contributed by atoms with Crippen molar-refractivity contribution in [3.8, 4) is 0 Å². The maximum absolute atomic E-state index is 4.79. The van der Waals surface area contributed by atoms with Crippen molar-refractivity contribution in [2.24, 2.45) is 10.9 Å². The summed E-state index contributed by atoms with van der Waals surface area (Å²) in [7, 11) is 1.82. The first-order valence-corrected chi connectivity index (χ1v) is 8.92. The molecule has 1 heterocycles. The van der Waals surface area contributed by atoms with Gasteiger partial charge in [0.25, 0.3) is 0 Å². The zero-order valence-corrected chi connectivity index (χ0v) is 14.4. The van der Waals surface area contributed by atoms with Crippen LogP contribution in [0.1, 0.15) is 48.7 Å². The number of aryl methyl sites for hydroxylation is 3. The molecule has 0 amide bonds. The molecule has 1 aliphatic rings. The van der Waals surface area contributed by atoms with E-state index in [0.29, 0.717) is 5.92 Å². The van der Waals surface area contributed by atoms with Gasteiger partial charge in [0.15, 0.2) is 5.96 Å². The molecule has 4 nitrogen and oxygen atoms in total. The standard InChI is InChI=1S/C16H28N4S/c1-12(2)11-19-16(17-3)18-10-6-9-15-20-13-7-4-5-8-14(13)21-15/h12H,4-11H2,1-3H3,(H2,17,18,19). The van der Waals surface area contributed by atoms with Gasteiger partial charge in [0.1, 0.15) is 0 Å². The summed E-state index contributed by atoms with van der Waals surface area (Å²) in [6.45, 7) is 6.30. The van der Waals surface area contributed by atoms with Crippen molar-refractivity contribution in [3.63, 3.8) is 0 Å². The van der Waals surface area contributed by atoms with Gasteiger partial charge in [-0.3, -0.25) is 4.99 Å². The van der Waals surface area contributed by atoms with E-state index in [1.165, 1.54) is 36.4 Å². The molecule has 0 bridgehead atoms. The molecule has 2 N–H and O–H groups in total. The molecule has 0 aliphatic heterocycles. The molecule has 5 heteroatoms. The van der Waals surface area contributed by atoms with E-state index in [-0.39, 0.29) is 0 Å². The summed E-state index contributed by atoms with van der Waals surface area (Å²) in [5, 5.41) is 8.02. The van der Waals surface area contributed by atoms with Crippen molar-refractivity contribution < 1.29 is 0 Å². The highest BCUT2D eigenvalue weighted by Gasteiger charge is 2.14. The fourth-order valence-corrected chi connectivity index (χ4v) is 3.68. The molecule has 21 heavy (non-hydrogen) atoms. The smallest absolute Gasteiger partial charge is 0.190 e. The Morgan fingerprint density at radius 2 is 2.10 bits per heavy atom. The largest absolute Gasteiger partial charge is 0.356 e. The van der Waals surface area contributed by atoms with Crippen molar-refractivity contribution in [3.05, 3.63) is 15.6 Å². The number of thiazole rings is 1. The third kappa shape index (κ3) is 5.30. The number of hydrogen-bond donors (Lipinski definition) is 2. The SMILES string of the molecule is CN=C(NCCCc1nc2c(s1)CCCC2)NCC(C)C. The molecule has 1 aromatic heterocycles. The molecular formula is C16H28N4S. The number of nitrogens with one attached hydrogen (secondary N) is 2. The van der Waals surface area contributed by atoms with Crippen LogP contribution in [0.4, 0.5) is 0 Å². The lowest BCUT2D eigenvalue weighted by Crippen LogP contribution is -2.39. The van der Waals surface area contributed by atoms with Crippen LogP contribution in [0.2, 0.25) is 0 Å². The zero-order valence-electron chi connectivity index (χ0n) is 13.5. The van der Waals surface area contributed by atoms with Gasteiger partial charge in [-0.1, -0.05) is 13.8 Å². The Kier molecular flexibility index (Phi) is 6.49. The lowest BCUT2D eigenvalue weighted by atomic mass is 10.0. The summed E-state index contributed by atoms with van der Waals surface area (Å²) in [6.07, 6.45) is 7.27. The third-order valence-electron chi connectivity index (χ3n) is 3.65. The average molecular weight is 308 g/mol. The Hall–Kier alpha value is -1.10. The Bertz CT molecular complexity index is 441. The molecule has 0 spiro atoms. The first-order valence-electron chi connectivity index (χ1n) is 8.11. The van der Waals surface area contributed by atoms with Crippen LogP contribution < -0.4 is 10.6 Å². The van der Waals surface area contributed by atoms with Crippen LogP contribution in [0, 0.1) is 5.92 Å². The lowest BCUT2D eigenvalue weighted by molar-refractivity contribution is 0.612. The molecule has 118 valence electrons. The van der Waals surface area contributed by atoms with Crippen LogP contribution in [-0.2, 0) is 19.3 Å². The number of hydrogen-bond acceptors (Lipinski definition) is 3. The summed E-state index contributed by atoms with van der Waals surface area (Å²) in [5.74, 6) is 1.53. The molecule has 1 aromatic rings. The van der Waals surface area contributed by atoms with E-state index >= 15 is 0 Å². The normalized spacial score (nSPS) is 15.1. The van der Waals surface area contributed by atoms with E-state index in [2.05, 4.69) is 29.5 Å². The quantitative estimate of drug-likeness (QED) is 0.483. The van der Waals surface area contributed by atoms with Crippen molar-refractivity contribution in [1.82, 2.24) is 15.6 Å². The minimum absolute atomic E-state index is 0.630. The Morgan fingerprint density at radius 1 is 1.29 bits per heavy atom. The summed E-state index contributed by atoms with van der Waals surface area (Å²) in [5.41, 5.74) is 1.38. The lowest BCUT2D eigenvalue weighted by Gasteiger charge is -2.12. The molecule has 0 saturated carbocycles. The molecule has 0 saturated heterocycles. The number of nitrogens with zero attached hydrogens (tertiary/aromatic N) is 2. The highest BCUT2D eigenvalue weighted by Crippen LogP contribution is 2.27. The van der Waals surface area contributed by atoms with Gasteiger partial charge in [-0.2, -0.15) is 0 Å². The van der Waals surface area contributed by atoms with Crippen LogP contribution in [0.15, 0.2) is 4.99 Å². The Morgan fingerprint density at radius 3 is 2.81 bits per heavy atom. The summed E-state index contributed by atoms with van der Waals surface area (Å²) >= 11 is 1.93. The molecule has 2 rings (SSSR count). The van der Waals surface area contributed by atoms with Crippen LogP contribution in [-0.4, -0.2) is 31.1 Å². The van der Waals surface area contributed by atoms with Crippen LogP contribution in [0.3, 0.4) is 0 Å². The van der Waals surface area contributed by atoms with Gasteiger partial charge >= 0.3 is 0 Å². The number of aliphatic imine (C=N–C) groups is 1. The maximum atomic E-state index is 4.79. The second-order valence-corrected chi connectivity index (χ2v) is 7.23. The van der Waals surface area contributed by atoms with E-state index < -0.39 is 0 Å². The fraction of sp³-hybridized carbons (Fsp3) is 0.750. The van der Waals surface area contributed by atoms with Crippen LogP contribution >= 0.6 is 11.3 Å². The third-order valence-corrected chi connectivity index (χ3v) is 4.87. The summed E-state index contributed by atoms with van der Waals surface area (Å²) < 4.78 is 0. The van der Waals surface area contributed by atoms with Gasteiger partial charge in [-0.05, 0) is 38.0 Å². The Balaban J connectivity index is 1.68. The zero-order chi connectivity index (χ0) is 15.1.